The Bertz CT molecular complexity index is 316. The lowest BCUT2D eigenvalue weighted by Gasteiger charge is -2.48. The Balaban J connectivity index is 1.97. The van der Waals surface area contributed by atoms with Crippen molar-refractivity contribution in [1.29, 1.82) is 0 Å². The standard InChI is InChI=1S/C15H26O2/c1-10-4-5-13-12(10)8-11-6-7-14(13,2)17-15(11,3)9-16/h10-13,16H,4-9H2,1-3H3/t10-,11+,12-,13-,14-,15-/m0/s1. The van der Waals surface area contributed by atoms with Crippen molar-refractivity contribution in [3.8, 4) is 0 Å². The van der Waals surface area contributed by atoms with Crippen molar-refractivity contribution < 1.29 is 9.84 Å². The van der Waals surface area contributed by atoms with Crippen molar-refractivity contribution in [2.45, 2.75) is 64.1 Å². The molecular weight excluding hydrogens is 212 g/mol. The smallest absolute Gasteiger partial charge is 0.0919 e. The minimum absolute atomic E-state index is 0.0277. The first-order chi connectivity index (χ1) is 7.98. The minimum Gasteiger partial charge on any atom is -0.393 e. The fourth-order valence-electron chi connectivity index (χ4n) is 4.97. The monoisotopic (exact) mass is 238 g/mol. The molecule has 4 aliphatic rings. The first-order valence-corrected chi connectivity index (χ1v) is 7.29. The van der Waals surface area contributed by atoms with E-state index in [1.807, 2.05) is 0 Å². The van der Waals surface area contributed by atoms with Crippen LogP contribution in [-0.4, -0.2) is 22.9 Å². The Morgan fingerprint density at radius 2 is 2.00 bits per heavy atom. The maximum atomic E-state index is 9.72. The molecule has 2 heteroatoms. The molecule has 6 atom stereocenters. The van der Waals surface area contributed by atoms with Crippen LogP contribution in [0, 0.1) is 23.7 Å². The van der Waals surface area contributed by atoms with E-state index in [4.69, 9.17) is 4.74 Å². The average molecular weight is 238 g/mol. The number of aliphatic hydroxyl groups is 1. The summed E-state index contributed by atoms with van der Waals surface area (Å²) in [5.74, 6) is 2.98. The lowest BCUT2D eigenvalue weighted by molar-refractivity contribution is -0.221. The Labute approximate surface area is 105 Å². The van der Waals surface area contributed by atoms with Gasteiger partial charge in [-0.1, -0.05) is 13.3 Å². The normalized spacial score (nSPS) is 57.9. The number of hydrogen-bond acceptors (Lipinski definition) is 2. The summed E-state index contributed by atoms with van der Waals surface area (Å²) in [4.78, 5) is 0. The zero-order chi connectivity index (χ0) is 12.3. The van der Waals surface area contributed by atoms with Gasteiger partial charge in [0.25, 0.3) is 0 Å². The van der Waals surface area contributed by atoms with Crippen LogP contribution in [-0.2, 0) is 4.74 Å². The molecule has 2 nitrogen and oxygen atoms in total. The lowest BCUT2D eigenvalue weighted by Crippen LogP contribution is -2.53. The van der Waals surface area contributed by atoms with Crippen molar-refractivity contribution in [1.82, 2.24) is 0 Å². The molecule has 2 saturated heterocycles. The quantitative estimate of drug-likeness (QED) is 0.761. The molecule has 0 radical (unpaired) electrons. The maximum absolute atomic E-state index is 9.72. The van der Waals surface area contributed by atoms with Crippen LogP contribution in [0.15, 0.2) is 0 Å². The molecule has 17 heavy (non-hydrogen) atoms. The van der Waals surface area contributed by atoms with Gasteiger partial charge >= 0.3 is 0 Å². The van der Waals surface area contributed by atoms with Crippen LogP contribution in [0.4, 0.5) is 0 Å². The summed E-state index contributed by atoms with van der Waals surface area (Å²) in [7, 11) is 0. The number of fused-ring (bicyclic) bond motifs is 2. The fraction of sp³-hybridized carbons (Fsp3) is 1.00. The molecule has 0 amide bonds. The molecule has 0 aromatic carbocycles. The van der Waals surface area contributed by atoms with E-state index < -0.39 is 0 Å². The highest BCUT2D eigenvalue weighted by Gasteiger charge is 2.57. The molecule has 98 valence electrons. The molecular formula is C15H26O2. The van der Waals surface area contributed by atoms with Crippen LogP contribution in [0.5, 0.6) is 0 Å². The van der Waals surface area contributed by atoms with E-state index in [0.717, 1.165) is 17.8 Å². The largest absolute Gasteiger partial charge is 0.393 e. The van der Waals surface area contributed by atoms with Gasteiger partial charge in [0.05, 0.1) is 17.8 Å². The minimum atomic E-state index is -0.281. The average Bonchev–Trinajstić information content (AvgIpc) is 2.53. The summed E-state index contributed by atoms with van der Waals surface area (Å²) >= 11 is 0. The Kier molecular flexibility index (Phi) is 2.61. The zero-order valence-corrected chi connectivity index (χ0v) is 11.4. The molecule has 2 aliphatic carbocycles. The lowest BCUT2D eigenvalue weighted by atomic mass is 9.78. The van der Waals surface area contributed by atoms with Gasteiger partial charge in [-0.05, 0) is 63.2 Å². The van der Waals surface area contributed by atoms with Crippen molar-refractivity contribution >= 4 is 0 Å². The summed E-state index contributed by atoms with van der Waals surface area (Å²) in [6, 6.07) is 0. The van der Waals surface area contributed by atoms with E-state index in [-0.39, 0.29) is 17.8 Å². The van der Waals surface area contributed by atoms with Gasteiger partial charge in [0.2, 0.25) is 0 Å². The second kappa shape index (κ2) is 3.71. The highest BCUT2D eigenvalue weighted by atomic mass is 16.5. The zero-order valence-electron chi connectivity index (χ0n) is 11.4. The topological polar surface area (TPSA) is 29.5 Å². The van der Waals surface area contributed by atoms with Crippen LogP contribution in [0.25, 0.3) is 0 Å². The van der Waals surface area contributed by atoms with Gasteiger partial charge in [-0.2, -0.15) is 0 Å². The van der Waals surface area contributed by atoms with Crippen LogP contribution in [0.3, 0.4) is 0 Å². The van der Waals surface area contributed by atoms with Gasteiger partial charge in [-0.3, -0.25) is 0 Å². The van der Waals surface area contributed by atoms with Crippen LogP contribution in [0.2, 0.25) is 0 Å². The molecule has 2 bridgehead atoms. The first-order valence-electron chi connectivity index (χ1n) is 7.29. The van der Waals surface area contributed by atoms with Crippen molar-refractivity contribution in [3.05, 3.63) is 0 Å². The van der Waals surface area contributed by atoms with E-state index in [1.165, 1.54) is 32.1 Å². The molecule has 0 aromatic heterocycles. The molecule has 2 saturated carbocycles. The van der Waals surface area contributed by atoms with Crippen molar-refractivity contribution in [3.63, 3.8) is 0 Å². The highest BCUT2D eigenvalue weighted by molar-refractivity contribution is 5.06. The molecule has 4 rings (SSSR count). The van der Waals surface area contributed by atoms with Crippen molar-refractivity contribution in [2.75, 3.05) is 6.61 Å². The van der Waals surface area contributed by atoms with Gasteiger partial charge in [0.1, 0.15) is 0 Å². The summed E-state index contributed by atoms with van der Waals surface area (Å²) in [5.41, 5.74) is -0.253. The van der Waals surface area contributed by atoms with Gasteiger partial charge < -0.3 is 9.84 Å². The van der Waals surface area contributed by atoms with Crippen LogP contribution in [0.1, 0.15) is 52.9 Å². The highest BCUT2D eigenvalue weighted by Crippen LogP contribution is 2.58. The van der Waals surface area contributed by atoms with Gasteiger partial charge in [0.15, 0.2) is 0 Å². The summed E-state index contributed by atoms with van der Waals surface area (Å²) in [6.45, 7) is 7.02. The second-order valence-corrected chi connectivity index (χ2v) is 7.18. The third-order valence-corrected chi connectivity index (χ3v) is 6.15. The van der Waals surface area contributed by atoms with Crippen LogP contribution >= 0.6 is 0 Å². The Morgan fingerprint density at radius 3 is 2.71 bits per heavy atom. The predicted molar refractivity (Wildman–Crippen MR) is 67.7 cm³/mol. The van der Waals surface area contributed by atoms with E-state index in [1.54, 1.807) is 0 Å². The third kappa shape index (κ3) is 1.60. The fourth-order valence-corrected chi connectivity index (χ4v) is 4.97. The summed E-state index contributed by atoms with van der Waals surface area (Å²) in [5, 5.41) is 9.72. The van der Waals surface area contributed by atoms with E-state index in [2.05, 4.69) is 20.8 Å². The SMILES string of the molecule is C[C@H]1CC[C@H]2[C@H]1C[C@H]1CC[C@]2(C)O[C@@]1(C)CO. The second-order valence-electron chi connectivity index (χ2n) is 7.18. The van der Waals surface area contributed by atoms with Gasteiger partial charge in [-0.15, -0.1) is 0 Å². The van der Waals surface area contributed by atoms with Crippen molar-refractivity contribution in [2.24, 2.45) is 23.7 Å². The molecule has 0 spiro atoms. The number of aliphatic hydroxyl groups excluding tert-OH is 1. The summed E-state index contributed by atoms with van der Waals surface area (Å²) < 4.78 is 6.45. The van der Waals surface area contributed by atoms with Gasteiger partial charge in [-0.25, -0.2) is 0 Å². The molecule has 0 aromatic rings. The molecule has 2 heterocycles. The molecule has 2 aliphatic heterocycles. The number of rotatable bonds is 1. The molecule has 1 N–H and O–H groups in total. The summed E-state index contributed by atoms with van der Waals surface area (Å²) in [6.07, 6.45) is 6.42. The molecule has 0 unspecified atom stereocenters. The predicted octanol–water partition coefficient (Wildman–Crippen LogP) is 2.99. The van der Waals surface area contributed by atoms with Gasteiger partial charge in [0, 0.05) is 0 Å². The van der Waals surface area contributed by atoms with E-state index in [9.17, 15) is 5.11 Å². The number of hydrogen-bond donors (Lipinski definition) is 1. The first kappa shape index (κ1) is 12.0. The maximum Gasteiger partial charge on any atom is 0.0919 e. The molecule has 4 fully saturated rings. The van der Waals surface area contributed by atoms with Crippen LogP contribution < -0.4 is 0 Å². The van der Waals surface area contributed by atoms with E-state index in [0.29, 0.717) is 5.92 Å². The third-order valence-electron chi connectivity index (χ3n) is 6.15. The Morgan fingerprint density at radius 1 is 1.24 bits per heavy atom. The van der Waals surface area contributed by atoms with E-state index >= 15 is 0 Å². The Hall–Kier alpha value is -0.0800. The number of ether oxygens (including phenoxy) is 1.